The van der Waals surface area contributed by atoms with E-state index in [1.807, 2.05) is 30.5 Å². The summed E-state index contributed by atoms with van der Waals surface area (Å²) in [4.78, 5) is 3.28. The normalized spacial score (nSPS) is 11.4. The molecule has 0 aliphatic carbocycles. The number of nitrogens with zero attached hydrogens (tertiary/aromatic N) is 7. The molecular formula is C17H12N12. The Labute approximate surface area is 161 Å². The van der Waals surface area contributed by atoms with Crippen LogP contribution in [0.5, 0.6) is 0 Å². The molecule has 5 aromatic heterocycles. The van der Waals surface area contributed by atoms with Crippen molar-refractivity contribution >= 4 is 10.9 Å². The Morgan fingerprint density at radius 2 is 1.86 bits per heavy atom. The number of rotatable bonds is 4. The smallest absolute Gasteiger partial charge is 0.225 e. The number of aromatic nitrogens is 12. The number of tetrazole rings is 1. The van der Waals surface area contributed by atoms with Crippen LogP contribution in [-0.4, -0.2) is 61.4 Å². The van der Waals surface area contributed by atoms with Gasteiger partial charge in [0.05, 0.1) is 17.4 Å². The van der Waals surface area contributed by atoms with E-state index in [-0.39, 0.29) is 0 Å². The molecule has 0 spiro atoms. The van der Waals surface area contributed by atoms with Gasteiger partial charge < -0.3 is 4.98 Å². The van der Waals surface area contributed by atoms with Crippen LogP contribution in [0.1, 0.15) is 0 Å². The third-order valence-electron chi connectivity index (χ3n) is 4.74. The summed E-state index contributed by atoms with van der Waals surface area (Å²) >= 11 is 0. The summed E-state index contributed by atoms with van der Waals surface area (Å²) in [6.45, 7) is 0. The summed E-state index contributed by atoms with van der Waals surface area (Å²) in [5, 5.41) is 40.9. The zero-order valence-corrected chi connectivity index (χ0v) is 14.7. The molecule has 12 heteroatoms. The number of nitrogens with one attached hydrogen (secondary N) is 5. The summed E-state index contributed by atoms with van der Waals surface area (Å²) in [6.07, 6.45) is 5.25. The summed E-state index contributed by atoms with van der Waals surface area (Å²) in [6, 6.07) is 7.89. The molecule has 0 bridgehead atoms. The highest BCUT2D eigenvalue weighted by atomic mass is 15.5. The number of hydrogen-bond acceptors (Lipinski definition) is 7. The number of hydrogen-bond donors (Lipinski definition) is 5. The fourth-order valence-corrected chi connectivity index (χ4v) is 3.58. The molecule has 12 nitrogen and oxygen atoms in total. The fourth-order valence-electron chi connectivity index (χ4n) is 3.58. The Morgan fingerprint density at radius 1 is 0.862 bits per heavy atom. The first-order chi connectivity index (χ1) is 14.4. The van der Waals surface area contributed by atoms with Gasteiger partial charge in [0.15, 0.2) is 0 Å². The van der Waals surface area contributed by atoms with Crippen LogP contribution in [0, 0.1) is 0 Å². The molecule has 5 heterocycles. The van der Waals surface area contributed by atoms with E-state index in [2.05, 4.69) is 61.4 Å². The summed E-state index contributed by atoms with van der Waals surface area (Å²) in [7, 11) is 0. The SMILES string of the molecule is c1c[nH]c(-c2cc3[nH]nc(-c4nn[nH]n4)c3c(-c3cn[nH]n3)c2-c2ccn[nH]2)c1. The van der Waals surface area contributed by atoms with E-state index < -0.39 is 0 Å². The van der Waals surface area contributed by atoms with Crippen LogP contribution in [0.25, 0.3) is 56.2 Å². The molecular weight excluding hydrogens is 372 g/mol. The molecule has 0 saturated carbocycles. The van der Waals surface area contributed by atoms with Gasteiger partial charge in [0, 0.05) is 40.2 Å². The van der Waals surface area contributed by atoms with Gasteiger partial charge >= 0.3 is 0 Å². The van der Waals surface area contributed by atoms with Crippen molar-refractivity contribution in [1.82, 2.24) is 61.4 Å². The minimum atomic E-state index is 0.379. The molecule has 6 rings (SSSR count). The Morgan fingerprint density at radius 3 is 2.59 bits per heavy atom. The van der Waals surface area contributed by atoms with E-state index in [9.17, 15) is 0 Å². The van der Waals surface area contributed by atoms with Gasteiger partial charge in [-0.3, -0.25) is 10.2 Å². The topological polar surface area (TPSA) is 169 Å². The van der Waals surface area contributed by atoms with E-state index in [1.165, 1.54) is 0 Å². The lowest BCUT2D eigenvalue weighted by Crippen LogP contribution is -1.94. The summed E-state index contributed by atoms with van der Waals surface area (Å²) < 4.78 is 0. The maximum atomic E-state index is 4.45. The Bertz CT molecular complexity index is 1370. The quantitative estimate of drug-likeness (QED) is 0.309. The maximum Gasteiger partial charge on any atom is 0.225 e. The van der Waals surface area contributed by atoms with Crippen molar-refractivity contribution in [2.45, 2.75) is 0 Å². The minimum absolute atomic E-state index is 0.379. The first kappa shape index (κ1) is 15.4. The highest BCUT2D eigenvalue weighted by Crippen LogP contribution is 2.44. The van der Waals surface area contributed by atoms with Gasteiger partial charge in [0.25, 0.3) is 0 Å². The second kappa shape index (κ2) is 5.95. The third kappa shape index (κ3) is 2.29. The molecule has 1 aromatic carbocycles. The van der Waals surface area contributed by atoms with Crippen molar-refractivity contribution < 1.29 is 0 Å². The molecule has 5 N–H and O–H groups in total. The molecule has 0 amide bonds. The van der Waals surface area contributed by atoms with Crippen molar-refractivity contribution in [3.8, 4) is 45.3 Å². The number of fused-ring (bicyclic) bond motifs is 1. The van der Waals surface area contributed by atoms with Crippen molar-refractivity contribution in [2.24, 2.45) is 0 Å². The summed E-state index contributed by atoms with van der Waals surface area (Å²) in [5.74, 6) is 0.379. The lowest BCUT2D eigenvalue weighted by Gasteiger charge is -2.14. The zero-order chi connectivity index (χ0) is 19.2. The fraction of sp³-hybridized carbons (Fsp3) is 0. The van der Waals surface area contributed by atoms with Crippen molar-refractivity contribution in [1.29, 1.82) is 0 Å². The van der Waals surface area contributed by atoms with Crippen LogP contribution in [-0.2, 0) is 0 Å². The van der Waals surface area contributed by atoms with Gasteiger partial charge in [0.2, 0.25) is 5.82 Å². The Hall–Kier alpha value is -4.61. The predicted molar refractivity (Wildman–Crippen MR) is 102 cm³/mol. The minimum Gasteiger partial charge on any atom is -0.361 e. The van der Waals surface area contributed by atoms with Crippen LogP contribution in [0.4, 0.5) is 0 Å². The molecule has 0 atom stereocenters. The standard InChI is InChI=1S/C17H12N12/c1-2-9(18-4-1)8-6-11-15(16(24-22-11)17-25-28-29-26-17)14(12-7-20-27-23-12)13(8)10-3-5-19-21-10/h1-7,18H,(H,19,21)(H,22,24)(H,20,23,27)(H,25,26,28,29). The first-order valence-corrected chi connectivity index (χ1v) is 8.68. The van der Waals surface area contributed by atoms with E-state index >= 15 is 0 Å². The van der Waals surface area contributed by atoms with Crippen LogP contribution in [0.15, 0.2) is 42.9 Å². The van der Waals surface area contributed by atoms with Gasteiger partial charge in [-0.15, -0.1) is 10.2 Å². The van der Waals surface area contributed by atoms with Gasteiger partial charge in [-0.1, -0.05) is 0 Å². The van der Waals surface area contributed by atoms with Crippen LogP contribution in [0.3, 0.4) is 0 Å². The maximum absolute atomic E-state index is 4.45. The number of aromatic amines is 5. The largest absolute Gasteiger partial charge is 0.361 e. The predicted octanol–water partition coefficient (Wildman–Crippen LogP) is 1.91. The van der Waals surface area contributed by atoms with Crippen molar-refractivity contribution in [3.05, 3.63) is 42.9 Å². The van der Waals surface area contributed by atoms with Crippen LogP contribution in [0.2, 0.25) is 0 Å². The Balaban J connectivity index is 1.81. The molecule has 6 aromatic rings. The number of H-pyrrole nitrogens is 5. The second-order valence-corrected chi connectivity index (χ2v) is 6.31. The highest BCUT2D eigenvalue weighted by molar-refractivity contribution is 6.11. The average Bonchev–Trinajstić information content (AvgIpc) is 3.56. The second-order valence-electron chi connectivity index (χ2n) is 6.31. The molecule has 140 valence electrons. The zero-order valence-electron chi connectivity index (χ0n) is 14.7. The molecule has 0 fully saturated rings. The van der Waals surface area contributed by atoms with Crippen LogP contribution >= 0.6 is 0 Å². The molecule has 0 radical (unpaired) electrons. The van der Waals surface area contributed by atoms with Gasteiger partial charge in [0.1, 0.15) is 11.4 Å². The average molecular weight is 384 g/mol. The highest BCUT2D eigenvalue weighted by Gasteiger charge is 2.25. The molecule has 0 aliphatic heterocycles. The molecule has 0 unspecified atom stereocenters. The van der Waals surface area contributed by atoms with Crippen molar-refractivity contribution in [2.75, 3.05) is 0 Å². The first-order valence-electron chi connectivity index (χ1n) is 8.68. The van der Waals surface area contributed by atoms with Gasteiger partial charge in [-0.2, -0.15) is 30.8 Å². The van der Waals surface area contributed by atoms with E-state index in [1.54, 1.807) is 12.4 Å². The van der Waals surface area contributed by atoms with E-state index in [4.69, 9.17) is 0 Å². The van der Waals surface area contributed by atoms with Gasteiger partial charge in [-0.25, -0.2) is 0 Å². The van der Waals surface area contributed by atoms with Crippen molar-refractivity contribution in [3.63, 3.8) is 0 Å². The van der Waals surface area contributed by atoms with E-state index in [0.717, 1.165) is 39.0 Å². The molecule has 29 heavy (non-hydrogen) atoms. The van der Waals surface area contributed by atoms with Gasteiger partial charge in [-0.05, 0) is 29.5 Å². The Kier molecular flexibility index (Phi) is 3.17. The molecule has 0 saturated heterocycles. The summed E-state index contributed by atoms with van der Waals surface area (Å²) in [5.41, 5.74) is 6.45. The number of benzene rings is 1. The monoisotopic (exact) mass is 384 g/mol. The lowest BCUT2D eigenvalue weighted by molar-refractivity contribution is 0.881. The lowest BCUT2D eigenvalue weighted by atomic mass is 9.90. The third-order valence-corrected chi connectivity index (χ3v) is 4.74. The van der Waals surface area contributed by atoms with Crippen LogP contribution < -0.4 is 0 Å². The molecule has 0 aliphatic rings. The van der Waals surface area contributed by atoms with E-state index in [0.29, 0.717) is 17.2 Å².